The second kappa shape index (κ2) is 4.04. The molecule has 77 valence electrons. The Balaban J connectivity index is 2.79. The largest absolute Gasteiger partial charge is 0.490 e. The van der Waals surface area contributed by atoms with Gasteiger partial charge in [0.25, 0.3) is 0 Å². The zero-order valence-corrected chi connectivity index (χ0v) is 9.72. The van der Waals surface area contributed by atoms with E-state index in [0.717, 1.165) is 5.75 Å². The van der Waals surface area contributed by atoms with Crippen molar-refractivity contribution >= 4 is 0 Å². The van der Waals surface area contributed by atoms with E-state index >= 15 is 0 Å². The summed E-state index contributed by atoms with van der Waals surface area (Å²) < 4.78 is 5.53. The maximum atomic E-state index is 5.53. The highest BCUT2D eigenvalue weighted by Crippen LogP contribution is 2.24. The number of ether oxygens (including phenoxy) is 1. The van der Waals surface area contributed by atoms with Crippen LogP contribution in [0, 0.1) is 6.07 Å². The average Bonchev–Trinajstić information content (AvgIpc) is 2.02. The van der Waals surface area contributed by atoms with Crippen LogP contribution in [0.2, 0.25) is 0 Å². The molecule has 0 aliphatic rings. The van der Waals surface area contributed by atoms with Gasteiger partial charge in [-0.15, -0.1) is 0 Å². The van der Waals surface area contributed by atoms with Gasteiger partial charge in [0, 0.05) is 6.07 Å². The molecule has 0 unspecified atom stereocenters. The predicted octanol–water partition coefficient (Wildman–Crippen LogP) is 3.57. The van der Waals surface area contributed by atoms with Gasteiger partial charge in [-0.25, -0.2) is 0 Å². The van der Waals surface area contributed by atoms with Crippen molar-refractivity contribution in [3.63, 3.8) is 0 Å². The summed E-state index contributed by atoms with van der Waals surface area (Å²) in [5.41, 5.74) is 1.47. The van der Waals surface area contributed by atoms with Crippen LogP contribution in [0.1, 0.15) is 40.2 Å². The lowest BCUT2D eigenvalue weighted by molar-refractivity contribution is 0.241. The molecule has 1 rings (SSSR count). The number of benzene rings is 1. The molecule has 0 amide bonds. The number of rotatable bonds is 2. The van der Waals surface area contributed by atoms with Gasteiger partial charge in [-0.3, -0.25) is 0 Å². The van der Waals surface area contributed by atoms with Crippen LogP contribution in [0.15, 0.2) is 18.2 Å². The Kier molecular flexibility index (Phi) is 3.20. The highest BCUT2D eigenvalue weighted by Gasteiger charge is 2.13. The van der Waals surface area contributed by atoms with Crippen LogP contribution in [0.3, 0.4) is 0 Å². The monoisotopic (exact) mass is 191 g/mol. The summed E-state index contributed by atoms with van der Waals surface area (Å²) in [6, 6.07) is 9.26. The molecule has 1 aromatic carbocycles. The fraction of sp³-hybridized carbons (Fsp3) is 0.538. The van der Waals surface area contributed by atoms with E-state index in [9.17, 15) is 0 Å². The SMILES string of the molecule is CC(C)Oc1[c]cc(C(C)(C)C)cc1. The molecule has 0 spiro atoms. The highest BCUT2D eigenvalue weighted by atomic mass is 16.5. The van der Waals surface area contributed by atoms with E-state index in [2.05, 4.69) is 32.9 Å². The van der Waals surface area contributed by atoms with Crippen LogP contribution in [0.25, 0.3) is 0 Å². The lowest BCUT2D eigenvalue weighted by Crippen LogP contribution is -2.11. The Morgan fingerprint density at radius 3 is 2.21 bits per heavy atom. The first kappa shape index (κ1) is 11.1. The fourth-order valence-corrected chi connectivity index (χ4v) is 1.20. The first-order chi connectivity index (χ1) is 6.39. The topological polar surface area (TPSA) is 9.23 Å². The van der Waals surface area contributed by atoms with Crippen molar-refractivity contribution in [1.29, 1.82) is 0 Å². The van der Waals surface area contributed by atoms with Crippen LogP contribution in [0.5, 0.6) is 5.75 Å². The van der Waals surface area contributed by atoms with Crippen molar-refractivity contribution in [2.24, 2.45) is 0 Å². The van der Waals surface area contributed by atoms with Gasteiger partial charge < -0.3 is 4.74 Å². The van der Waals surface area contributed by atoms with Gasteiger partial charge in [-0.2, -0.15) is 0 Å². The minimum atomic E-state index is 0.187. The molecule has 0 heterocycles. The Hall–Kier alpha value is -0.980. The Morgan fingerprint density at radius 1 is 1.21 bits per heavy atom. The predicted molar refractivity (Wildman–Crippen MR) is 59.7 cm³/mol. The van der Waals surface area contributed by atoms with E-state index in [1.165, 1.54) is 5.56 Å². The molecule has 0 saturated carbocycles. The maximum absolute atomic E-state index is 5.53. The third kappa shape index (κ3) is 3.06. The second-order valence-electron chi connectivity index (χ2n) is 4.86. The molecule has 1 heteroatoms. The molecule has 0 aliphatic carbocycles. The molecule has 0 N–H and O–H groups in total. The molecule has 0 aromatic heterocycles. The van der Waals surface area contributed by atoms with Crippen molar-refractivity contribution in [3.8, 4) is 5.75 Å². The summed E-state index contributed by atoms with van der Waals surface area (Å²) in [7, 11) is 0. The van der Waals surface area contributed by atoms with E-state index in [1.807, 2.05) is 26.0 Å². The molecule has 14 heavy (non-hydrogen) atoms. The van der Waals surface area contributed by atoms with Gasteiger partial charge in [0.2, 0.25) is 0 Å². The van der Waals surface area contributed by atoms with Gasteiger partial charge in [-0.1, -0.05) is 26.8 Å². The van der Waals surface area contributed by atoms with Crippen LogP contribution < -0.4 is 4.74 Å². The van der Waals surface area contributed by atoms with E-state index in [0.29, 0.717) is 0 Å². The molecule has 0 bridgehead atoms. The first-order valence-electron chi connectivity index (χ1n) is 5.08. The lowest BCUT2D eigenvalue weighted by Gasteiger charge is -2.19. The minimum absolute atomic E-state index is 0.187. The second-order valence-corrected chi connectivity index (χ2v) is 4.86. The van der Waals surface area contributed by atoms with Crippen LogP contribution in [-0.4, -0.2) is 6.10 Å². The quantitative estimate of drug-likeness (QED) is 0.694. The zero-order chi connectivity index (χ0) is 10.8. The van der Waals surface area contributed by atoms with Crippen LogP contribution in [-0.2, 0) is 5.41 Å². The Bertz CT molecular complexity index is 277. The Morgan fingerprint density at radius 2 is 1.86 bits per heavy atom. The van der Waals surface area contributed by atoms with E-state index in [-0.39, 0.29) is 11.5 Å². The maximum Gasteiger partial charge on any atom is 0.127 e. The van der Waals surface area contributed by atoms with Crippen molar-refractivity contribution in [3.05, 3.63) is 29.8 Å². The molecule has 0 saturated heterocycles. The van der Waals surface area contributed by atoms with Crippen molar-refractivity contribution in [2.75, 3.05) is 0 Å². The zero-order valence-electron chi connectivity index (χ0n) is 9.72. The van der Waals surface area contributed by atoms with Gasteiger partial charge in [-0.05, 0) is 37.0 Å². The third-order valence-electron chi connectivity index (χ3n) is 2.01. The summed E-state index contributed by atoms with van der Waals surface area (Å²) in [6.45, 7) is 10.6. The molecule has 0 aliphatic heterocycles. The summed E-state index contributed by atoms with van der Waals surface area (Å²) in [5, 5.41) is 0. The number of hydrogen-bond acceptors (Lipinski definition) is 1. The van der Waals surface area contributed by atoms with Crippen LogP contribution in [0.4, 0.5) is 0 Å². The molecule has 1 radical (unpaired) electrons. The number of hydrogen-bond donors (Lipinski definition) is 0. The van der Waals surface area contributed by atoms with Gasteiger partial charge in [0.15, 0.2) is 0 Å². The van der Waals surface area contributed by atoms with Crippen molar-refractivity contribution in [1.82, 2.24) is 0 Å². The van der Waals surface area contributed by atoms with Crippen molar-refractivity contribution < 1.29 is 4.74 Å². The fourth-order valence-electron chi connectivity index (χ4n) is 1.20. The van der Waals surface area contributed by atoms with Gasteiger partial charge in [0.05, 0.1) is 6.10 Å². The summed E-state index contributed by atoms with van der Waals surface area (Å²) in [6.07, 6.45) is 0.215. The van der Waals surface area contributed by atoms with Crippen molar-refractivity contribution in [2.45, 2.75) is 46.1 Å². The standard InChI is InChI=1S/C13H19O/c1-10(2)14-12-8-6-11(7-9-12)13(3,4)5/h6-8,10H,1-5H3. The third-order valence-corrected chi connectivity index (χ3v) is 2.01. The summed E-state index contributed by atoms with van der Waals surface area (Å²) >= 11 is 0. The molecular weight excluding hydrogens is 172 g/mol. The molecule has 1 aromatic rings. The molecular formula is C13H19O. The van der Waals surface area contributed by atoms with Crippen LogP contribution >= 0.6 is 0 Å². The molecule has 0 atom stereocenters. The van der Waals surface area contributed by atoms with E-state index in [4.69, 9.17) is 4.74 Å². The van der Waals surface area contributed by atoms with E-state index < -0.39 is 0 Å². The first-order valence-corrected chi connectivity index (χ1v) is 5.08. The van der Waals surface area contributed by atoms with E-state index in [1.54, 1.807) is 0 Å². The summed E-state index contributed by atoms with van der Waals surface area (Å²) in [5.74, 6) is 0.827. The minimum Gasteiger partial charge on any atom is -0.490 e. The highest BCUT2D eigenvalue weighted by molar-refractivity contribution is 5.29. The Labute approximate surface area is 87.1 Å². The van der Waals surface area contributed by atoms with Gasteiger partial charge >= 0.3 is 0 Å². The normalized spacial score (nSPS) is 11.9. The molecule has 1 nitrogen and oxygen atoms in total. The lowest BCUT2D eigenvalue weighted by atomic mass is 9.87. The smallest absolute Gasteiger partial charge is 0.127 e. The summed E-state index contributed by atoms with van der Waals surface area (Å²) in [4.78, 5) is 0. The van der Waals surface area contributed by atoms with Gasteiger partial charge in [0.1, 0.15) is 5.75 Å². The molecule has 0 fully saturated rings. The average molecular weight is 191 g/mol.